The van der Waals surface area contributed by atoms with Gasteiger partial charge in [0.2, 0.25) is 10.0 Å². The molecule has 0 spiro atoms. The summed E-state index contributed by atoms with van der Waals surface area (Å²) in [7, 11) is -1.72. The van der Waals surface area contributed by atoms with Crippen LogP contribution in [0.5, 0.6) is 5.75 Å². The summed E-state index contributed by atoms with van der Waals surface area (Å²) >= 11 is 0. The highest BCUT2D eigenvalue weighted by Gasteiger charge is 2.37. The normalized spacial score (nSPS) is 16.6. The lowest BCUT2D eigenvalue weighted by Gasteiger charge is -2.37. The molecule has 0 amide bonds. The molecule has 0 bridgehead atoms. The topological polar surface area (TPSA) is 77.3 Å². The Balaban J connectivity index is 1.54. The minimum absolute atomic E-state index is 0.205. The largest absolute Gasteiger partial charge is 0.492 e. The van der Waals surface area contributed by atoms with Crippen LogP contribution in [0, 0.1) is 5.92 Å². The van der Waals surface area contributed by atoms with Crippen LogP contribution in [0.2, 0.25) is 0 Å². The average Bonchev–Trinajstić information content (AvgIpc) is 2.85. The van der Waals surface area contributed by atoms with Crippen molar-refractivity contribution in [2.75, 3.05) is 19.7 Å². The van der Waals surface area contributed by atoms with E-state index in [1.165, 1.54) is 21.4 Å². The monoisotopic (exact) mass is 308 g/mol. The first-order valence-electron chi connectivity index (χ1n) is 6.57. The third kappa shape index (κ3) is 2.91. The number of pyridine rings is 1. The predicted molar refractivity (Wildman–Crippen MR) is 75.2 cm³/mol. The van der Waals surface area contributed by atoms with Gasteiger partial charge in [0.25, 0.3) is 0 Å². The van der Waals surface area contributed by atoms with Crippen molar-refractivity contribution < 1.29 is 13.2 Å². The summed E-state index contributed by atoms with van der Waals surface area (Å²) in [6, 6.07) is 3.63. The number of ether oxygens (including phenoxy) is 1. The standard InChI is InChI=1S/C13H16N4O3S/c1-16-9-13(6-15-16)21(18,19)17-7-11(8-17)10-20-12-3-2-4-14-5-12/h2-6,9,11H,7-8,10H2,1H3. The third-order valence-corrected chi connectivity index (χ3v) is 5.15. The lowest BCUT2D eigenvalue weighted by Crippen LogP contribution is -2.51. The van der Waals surface area contributed by atoms with E-state index in [-0.39, 0.29) is 10.8 Å². The van der Waals surface area contributed by atoms with Gasteiger partial charge in [-0.2, -0.15) is 9.40 Å². The summed E-state index contributed by atoms with van der Waals surface area (Å²) in [5.74, 6) is 0.905. The molecule has 1 aliphatic rings. The molecule has 112 valence electrons. The molecular formula is C13H16N4O3S. The van der Waals surface area contributed by atoms with Gasteiger partial charge in [0.1, 0.15) is 10.6 Å². The van der Waals surface area contributed by atoms with Gasteiger partial charge in [-0.05, 0) is 12.1 Å². The highest BCUT2D eigenvalue weighted by atomic mass is 32.2. The zero-order chi connectivity index (χ0) is 14.9. The van der Waals surface area contributed by atoms with Crippen LogP contribution in [-0.2, 0) is 17.1 Å². The Morgan fingerprint density at radius 2 is 2.19 bits per heavy atom. The number of sulfonamides is 1. The van der Waals surface area contributed by atoms with Crippen LogP contribution in [0.1, 0.15) is 0 Å². The van der Waals surface area contributed by atoms with Gasteiger partial charge in [0, 0.05) is 38.4 Å². The lowest BCUT2D eigenvalue weighted by atomic mass is 10.1. The predicted octanol–water partition coefficient (Wildman–Crippen LogP) is 0.515. The maximum absolute atomic E-state index is 12.3. The second-order valence-electron chi connectivity index (χ2n) is 5.04. The Morgan fingerprint density at radius 3 is 2.81 bits per heavy atom. The maximum Gasteiger partial charge on any atom is 0.246 e. The van der Waals surface area contributed by atoms with Crippen molar-refractivity contribution >= 4 is 10.0 Å². The molecule has 7 nitrogen and oxygen atoms in total. The van der Waals surface area contributed by atoms with Crippen molar-refractivity contribution in [3.63, 3.8) is 0 Å². The zero-order valence-corrected chi connectivity index (χ0v) is 12.4. The van der Waals surface area contributed by atoms with Crippen LogP contribution in [0.25, 0.3) is 0 Å². The number of aryl methyl sites for hydroxylation is 1. The Morgan fingerprint density at radius 1 is 1.38 bits per heavy atom. The molecule has 1 fully saturated rings. The molecular weight excluding hydrogens is 292 g/mol. The quantitative estimate of drug-likeness (QED) is 0.804. The molecule has 2 aromatic rings. The average molecular weight is 308 g/mol. The fraction of sp³-hybridized carbons (Fsp3) is 0.385. The van der Waals surface area contributed by atoms with Crippen molar-refractivity contribution in [2.45, 2.75) is 4.90 Å². The van der Waals surface area contributed by atoms with Crippen molar-refractivity contribution in [3.05, 3.63) is 36.9 Å². The summed E-state index contributed by atoms with van der Waals surface area (Å²) in [5.41, 5.74) is 0. The maximum atomic E-state index is 12.3. The van der Waals surface area contributed by atoms with E-state index in [2.05, 4.69) is 10.1 Å². The lowest BCUT2D eigenvalue weighted by molar-refractivity contribution is 0.129. The molecule has 0 aliphatic carbocycles. The molecule has 21 heavy (non-hydrogen) atoms. The number of aromatic nitrogens is 3. The van der Waals surface area contributed by atoms with Crippen LogP contribution in [0.15, 0.2) is 41.8 Å². The van der Waals surface area contributed by atoms with E-state index in [4.69, 9.17) is 4.74 Å². The van der Waals surface area contributed by atoms with Crippen molar-refractivity contribution in [1.29, 1.82) is 0 Å². The van der Waals surface area contributed by atoms with Crippen molar-refractivity contribution in [3.8, 4) is 5.75 Å². The third-order valence-electron chi connectivity index (χ3n) is 3.36. The first kappa shape index (κ1) is 14.0. The van der Waals surface area contributed by atoms with E-state index in [0.29, 0.717) is 25.4 Å². The van der Waals surface area contributed by atoms with Gasteiger partial charge in [-0.1, -0.05) is 0 Å². The smallest absolute Gasteiger partial charge is 0.246 e. The molecule has 1 saturated heterocycles. The number of hydrogen-bond acceptors (Lipinski definition) is 5. The minimum Gasteiger partial charge on any atom is -0.492 e. The van der Waals surface area contributed by atoms with E-state index in [9.17, 15) is 8.42 Å². The Hall–Kier alpha value is -1.93. The SMILES string of the molecule is Cn1cc(S(=O)(=O)N2CC(COc3cccnc3)C2)cn1. The van der Waals surface area contributed by atoms with Gasteiger partial charge in [-0.25, -0.2) is 8.42 Å². The molecule has 0 unspecified atom stereocenters. The molecule has 8 heteroatoms. The summed E-state index contributed by atoms with van der Waals surface area (Å²) in [6.45, 7) is 1.43. The molecule has 1 aliphatic heterocycles. The summed E-state index contributed by atoms with van der Waals surface area (Å²) in [4.78, 5) is 4.20. The molecule has 2 aromatic heterocycles. The van der Waals surface area contributed by atoms with Crippen LogP contribution in [0.3, 0.4) is 0 Å². The van der Waals surface area contributed by atoms with E-state index in [1.54, 1.807) is 25.5 Å². The number of hydrogen-bond donors (Lipinski definition) is 0. The van der Waals surface area contributed by atoms with Gasteiger partial charge in [-0.3, -0.25) is 9.67 Å². The Bertz CT molecular complexity index is 708. The second kappa shape index (κ2) is 5.45. The van der Waals surface area contributed by atoms with Crippen LogP contribution >= 0.6 is 0 Å². The van der Waals surface area contributed by atoms with E-state index in [0.717, 1.165) is 0 Å². The van der Waals surface area contributed by atoms with Gasteiger partial charge in [0.05, 0.1) is 19.0 Å². The molecule has 0 radical (unpaired) electrons. The van der Waals surface area contributed by atoms with Gasteiger partial charge in [0.15, 0.2) is 0 Å². The Kier molecular flexibility index (Phi) is 3.64. The fourth-order valence-electron chi connectivity index (χ4n) is 2.15. The first-order chi connectivity index (χ1) is 10.1. The van der Waals surface area contributed by atoms with E-state index in [1.807, 2.05) is 6.07 Å². The fourth-order valence-corrected chi connectivity index (χ4v) is 3.73. The Labute approximate surface area is 123 Å². The van der Waals surface area contributed by atoms with E-state index < -0.39 is 10.0 Å². The summed E-state index contributed by atoms with van der Waals surface area (Å²) in [5, 5.41) is 3.90. The molecule has 3 heterocycles. The molecule has 0 aromatic carbocycles. The van der Waals surface area contributed by atoms with Crippen LogP contribution in [-0.4, -0.2) is 47.2 Å². The van der Waals surface area contributed by atoms with Crippen LogP contribution < -0.4 is 4.74 Å². The first-order valence-corrected chi connectivity index (χ1v) is 8.01. The van der Waals surface area contributed by atoms with Gasteiger partial charge >= 0.3 is 0 Å². The van der Waals surface area contributed by atoms with E-state index >= 15 is 0 Å². The molecule has 0 N–H and O–H groups in total. The summed E-state index contributed by atoms with van der Waals surface area (Å²) in [6.07, 6.45) is 6.20. The van der Waals surface area contributed by atoms with Crippen molar-refractivity contribution in [1.82, 2.24) is 19.1 Å². The number of rotatable bonds is 5. The molecule has 3 rings (SSSR count). The summed E-state index contributed by atoms with van der Waals surface area (Å²) < 4.78 is 33.0. The van der Waals surface area contributed by atoms with Gasteiger partial charge in [-0.15, -0.1) is 0 Å². The highest BCUT2D eigenvalue weighted by Crippen LogP contribution is 2.25. The zero-order valence-electron chi connectivity index (χ0n) is 11.6. The highest BCUT2D eigenvalue weighted by molar-refractivity contribution is 7.89. The van der Waals surface area contributed by atoms with Gasteiger partial charge < -0.3 is 4.74 Å². The second-order valence-corrected chi connectivity index (χ2v) is 6.98. The minimum atomic E-state index is -3.42. The number of nitrogens with zero attached hydrogens (tertiary/aromatic N) is 4. The van der Waals surface area contributed by atoms with Crippen LogP contribution in [0.4, 0.5) is 0 Å². The molecule has 0 atom stereocenters. The molecule has 0 saturated carbocycles. The van der Waals surface area contributed by atoms with Crippen molar-refractivity contribution in [2.24, 2.45) is 13.0 Å².